The number of carbonyl (C=O) groups is 2. The average molecular weight is 331 g/mol. The monoisotopic (exact) mass is 331 g/mol. The van der Waals surface area contributed by atoms with Gasteiger partial charge in [-0.1, -0.05) is 32.0 Å². The molecule has 4 nitrogen and oxygen atoms in total. The Morgan fingerprint density at radius 3 is 2.61 bits per heavy atom. The van der Waals surface area contributed by atoms with Gasteiger partial charge in [0, 0.05) is 10.6 Å². The van der Waals surface area contributed by atoms with Gasteiger partial charge in [-0.15, -0.1) is 11.3 Å². The number of hydrogen-bond donors (Lipinski definition) is 1. The highest BCUT2D eigenvalue weighted by atomic mass is 32.1. The molecule has 0 aliphatic carbocycles. The minimum Gasteiger partial charge on any atom is -0.451 e. The Balaban J connectivity index is 1.94. The van der Waals surface area contributed by atoms with Crippen molar-refractivity contribution in [2.24, 2.45) is 0 Å². The Morgan fingerprint density at radius 1 is 1.22 bits per heavy atom. The SMILES string of the molecule is CC[C@H](C)c1ccccc1NC(=O)COC(=O)c1ccc(C)s1. The van der Waals surface area contributed by atoms with Crippen LogP contribution >= 0.6 is 11.3 Å². The third-order valence-corrected chi connectivity index (χ3v) is 4.63. The zero-order valence-electron chi connectivity index (χ0n) is 13.6. The zero-order valence-corrected chi connectivity index (χ0v) is 14.4. The number of aryl methyl sites for hydroxylation is 1. The van der Waals surface area contributed by atoms with Crippen molar-refractivity contribution < 1.29 is 14.3 Å². The van der Waals surface area contributed by atoms with Gasteiger partial charge < -0.3 is 10.1 Å². The van der Waals surface area contributed by atoms with E-state index in [-0.39, 0.29) is 12.5 Å². The summed E-state index contributed by atoms with van der Waals surface area (Å²) < 4.78 is 5.06. The van der Waals surface area contributed by atoms with Crippen LogP contribution in [0.15, 0.2) is 36.4 Å². The molecular formula is C18H21NO3S. The van der Waals surface area contributed by atoms with Crippen LogP contribution in [0.3, 0.4) is 0 Å². The molecule has 0 fully saturated rings. The Morgan fingerprint density at radius 2 is 1.96 bits per heavy atom. The molecule has 0 saturated heterocycles. The van der Waals surface area contributed by atoms with Crippen molar-refractivity contribution in [3.63, 3.8) is 0 Å². The fourth-order valence-corrected chi connectivity index (χ4v) is 2.95. The van der Waals surface area contributed by atoms with Crippen LogP contribution in [0.2, 0.25) is 0 Å². The highest BCUT2D eigenvalue weighted by Gasteiger charge is 2.14. The molecule has 0 bridgehead atoms. The molecule has 1 amide bonds. The van der Waals surface area contributed by atoms with Gasteiger partial charge in [-0.05, 0) is 43.0 Å². The van der Waals surface area contributed by atoms with E-state index in [0.717, 1.165) is 22.5 Å². The number of amides is 1. The molecule has 122 valence electrons. The van der Waals surface area contributed by atoms with Gasteiger partial charge in [0.1, 0.15) is 4.88 Å². The van der Waals surface area contributed by atoms with Gasteiger partial charge in [0.25, 0.3) is 5.91 Å². The smallest absolute Gasteiger partial charge is 0.348 e. The van der Waals surface area contributed by atoms with Crippen molar-refractivity contribution in [3.8, 4) is 0 Å². The number of esters is 1. The molecular weight excluding hydrogens is 310 g/mol. The van der Waals surface area contributed by atoms with Gasteiger partial charge in [0.15, 0.2) is 6.61 Å². The first kappa shape index (κ1) is 17.2. The summed E-state index contributed by atoms with van der Waals surface area (Å²) in [4.78, 5) is 25.4. The van der Waals surface area contributed by atoms with E-state index in [1.807, 2.05) is 37.3 Å². The van der Waals surface area contributed by atoms with E-state index in [4.69, 9.17) is 4.74 Å². The van der Waals surface area contributed by atoms with E-state index in [9.17, 15) is 9.59 Å². The second kappa shape index (κ2) is 7.92. The fourth-order valence-electron chi connectivity index (χ4n) is 2.19. The second-order valence-corrected chi connectivity index (χ2v) is 6.72. The van der Waals surface area contributed by atoms with Crippen LogP contribution in [-0.2, 0) is 9.53 Å². The number of carbonyl (C=O) groups excluding carboxylic acids is 2. The van der Waals surface area contributed by atoms with Crippen molar-refractivity contribution >= 4 is 28.9 Å². The number of hydrogen-bond acceptors (Lipinski definition) is 4. The summed E-state index contributed by atoms with van der Waals surface area (Å²) in [5, 5.41) is 2.83. The summed E-state index contributed by atoms with van der Waals surface area (Å²) in [5.74, 6) is -0.445. The summed E-state index contributed by atoms with van der Waals surface area (Å²) in [6.45, 7) is 5.85. The maximum Gasteiger partial charge on any atom is 0.348 e. The number of benzene rings is 1. The lowest BCUT2D eigenvalue weighted by atomic mass is 9.97. The molecule has 0 aliphatic heterocycles. The summed E-state index contributed by atoms with van der Waals surface area (Å²) in [6.07, 6.45) is 0.986. The van der Waals surface area contributed by atoms with E-state index < -0.39 is 5.97 Å². The molecule has 2 aromatic rings. The van der Waals surface area contributed by atoms with Crippen LogP contribution in [0.5, 0.6) is 0 Å². The summed E-state index contributed by atoms with van der Waals surface area (Å²) in [7, 11) is 0. The van der Waals surface area contributed by atoms with Crippen LogP contribution in [0.1, 0.15) is 46.3 Å². The Kier molecular flexibility index (Phi) is 5.93. The summed E-state index contributed by atoms with van der Waals surface area (Å²) in [6, 6.07) is 11.3. The molecule has 1 aromatic carbocycles. The average Bonchev–Trinajstić information content (AvgIpc) is 2.99. The molecule has 5 heteroatoms. The van der Waals surface area contributed by atoms with Gasteiger partial charge in [-0.2, -0.15) is 0 Å². The molecule has 0 aliphatic rings. The first-order valence-corrected chi connectivity index (χ1v) is 8.45. The molecule has 0 unspecified atom stereocenters. The Bertz CT molecular complexity index is 693. The molecule has 1 N–H and O–H groups in total. The van der Waals surface area contributed by atoms with Crippen molar-refractivity contribution in [1.29, 1.82) is 0 Å². The Hall–Kier alpha value is -2.14. The number of para-hydroxylation sites is 1. The van der Waals surface area contributed by atoms with Crippen LogP contribution < -0.4 is 5.32 Å². The van der Waals surface area contributed by atoms with E-state index in [0.29, 0.717) is 10.8 Å². The standard InChI is InChI=1S/C18H21NO3S/c1-4-12(2)14-7-5-6-8-15(14)19-17(20)11-22-18(21)16-10-9-13(3)23-16/h5-10,12H,4,11H2,1-3H3,(H,19,20)/t12-/m0/s1. The first-order valence-electron chi connectivity index (χ1n) is 7.63. The normalized spacial score (nSPS) is 11.8. The van der Waals surface area contributed by atoms with Crippen molar-refractivity contribution in [2.75, 3.05) is 11.9 Å². The highest BCUT2D eigenvalue weighted by Crippen LogP contribution is 2.26. The predicted octanol–water partition coefficient (Wildman–Crippen LogP) is 4.37. The number of thiophene rings is 1. The maximum atomic E-state index is 12.0. The van der Waals surface area contributed by atoms with E-state index in [1.54, 1.807) is 6.07 Å². The third-order valence-electron chi connectivity index (χ3n) is 3.65. The van der Waals surface area contributed by atoms with Gasteiger partial charge in [-0.25, -0.2) is 4.79 Å². The number of ether oxygens (including phenoxy) is 1. The summed E-state index contributed by atoms with van der Waals surface area (Å²) in [5.41, 5.74) is 1.86. The maximum absolute atomic E-state index is 12.0. The quantitative estimate of drug-likeness (QED) is 0.800. The lowest BCUT2D eigenvalue weighted by Crippen LogP contribution is -2.21. The van der Waals surface area contributed by atoms with Crippen LogP contribution in [0.25, 0.3) is 0 Å². The van der Waals surface area contributed by atoms with Gasteiger partial charge in [0.2, 0.25) is 0 Å². The van der Waals surface area contributed by atoms with Gasteiger partial charge in [-0.3, -0.25) is 4.79 Å². The van der Waals surface area contributed by atoms with Crippen LogP contribution in [0, 0.1) is 6.92 Å². The van der Waals surface area contributed by atoms with Crippen molar-refractivity contribution in [3.05, 3.63) is 51.7 Å². The second-order valence-electron chi connectivity index (χ2n) is 5.43. The number of rotatable bonds is 6. The Labute approximate surface area is 140 Å². The molecule has 0 spiro atoms. The first-order chi connectivity index (χ1) is 11.0. The summed E-state index contributed by atoms with van der Waals surface area (Å²) >= 11 is 1.35. The van der Waals surface area contributed by atoms with Crippen molar-refractivity contribution in [1.82, 2.24) is 0 Å². The van der Waals surface area contributed by atoms with Gasteiger partial charge >= 0.3 is 5.97 Å². The number of anilines is 1. The van der Waals surface area contributed by atoms with Gasteiger partial charge in [0.05, 0.1) is 0 Å². The molecule has 23 heavy (non-hydrogen) atoms. The topological polar surface area (TPSA) is 55.4 Å². The fraction of sp³-hybridized carbons (Fsp3) is 0.333. The minimum atomic E-state index is -0.464. The minimum absolute atomic E-state index is 0.287. The lowest BCUT2D eigenvalue weighted by molar-refractivity contribution is -0.119. The van der Waals surface area contributed by atoms with E-state index in [1.165, 1.54) is 11.3 Å². The molecule has 2 rings (SSSR count). The largest absolute Gasteiger partial charge is 0.451 e. The molecule has 1 atom stereocenters. The van der Waals surface area contributed by atoms with Crippen LogP contribution in [-0.4, -0.2) is 18.5 Å². The highest BCUT2D eigenvalue weighted by molar-refractivity contribution is 7.13. The lowest BCUT2D eigenvalue weighted by Gasteiger charge is -2.15. The molecule has 1 aromatic heterocycles. The van der Waals surface area contributed by atoms with E-state index in [2.05, 4.69) is 19.2 Å². The predicted molar refractivity (Wildman–Crippen MR) is 93.1 cm³/mol. The molecule has 0 radical (unpaired) electrons. The third kappa shape index (κ3) is 4.66. The molecule has 1 heterocycles. The number of nitrogens with one attached hydrogen (secondary N) is 1. The van der Waals surface area contributed by atoms with Crippen LogP contribution in [0.4, 0.5) is 5.69 Å². The van der Waals surface area contributed by atoms with Crippen molar-refractivity contribution in [2.45, 2.75) is 33.1 Å². The zero-order chi connectivity index (χ0) is 16.8. The molecule has 0 saturated carbocycles. The van der Waals surface area contributed by atoms with E-state index >= 15 is 0 Å².